The van der Waals surface area contributed by atoms with Crippen LogP contribution >= 0.6 is 0 Å². The highest BCUT2D eigenvalue weighted by atomic mass is 16.5. The van der Waals surface area contributed by atoms with Crippen LogP contribution in [0.3, 0.4) is 0 Å². The smallest absolute Gasteiger partial charge is 0.0632 e. The van der Waals surface area contributed by atoms with Crippen molar-refractivity contribution in [1.82, 2.24) is 10.2 Å². The van der Waals surface area contributed by atoms with Gasteiger partial charge < -0.3 is 15.0 Å². The molecule has 0 aromatic heterocycles. The summed E-state index contributed by atoms with van der Waals surface area (Å²) in [6, 6.07) is 0.540. The average Bonchev–Trinajstić information content (AvgIpc) is 2.16. The van der Waals surface area contributed by atoms with Gasteiger partial charge in [-0.25, -0.2) is 0 Å². The van der Waals surface area contributed by atoms with Gasteiger partial charge in [0.15, 0.2) is 0 Å². The van der Waals surface area contributed by atoms with Crippen molar-refractivity contribution in [2.75, 3.05) is 39.4 Å². The van der Waals surface area contributed by atoms with Gasteiger partial charge in [-0.15, -0.1) is 0 Å². The van der Waals surface area contributed by atoms with E-state index in [1.54, 1.807) is 0 Å². The first-order chi connectivity index (χ1) is 5.86. The Kier molecular flexibility index (Phi) is 4.58. The molecule has 0 aromatic carbocycles. The summed E-state index contributed by atoms with van der Waals surface area (Å²) in [6.45, 7) is 10.5. The van der Waals surface area contributed by atoms with Crippen molar-refractivity contribution in [2.45, 2.75) is 19.9 Å². The maximum atomic E-state index is 5.38. The molecule has 3 heteroatoms. The largest absolute Gasteiger partial charge is 0.378 e. The van der Waals surface area contributed by atoms with E-state index >= 15 is 0 Å². The second-order valence-electron chi connectivity index (χ2n) is 3.21. The van der Waals surface area contributed by atoms with Gasteiger partial charge in [0, 0.05) is 19.1 Å². The molecule has 1 aliphatic rings. The number of nitrogens with one attached hydrogen (secondary N) is 1. The van der Waals surface area contributed by atoms with E-state index in [9.17, 15) is 0 Å². The Bertz CT molecular complexity index is 109. The molecular weight excluding hydrogens is 152 g/mol. The number of hydrogen-bond acceptors (Lipinski definition) is 3. The summed E-state index contributed by atoms with van der Waals surface area (Å²) in [4.78, 5) is 2.42. The van der Waals surface area contributed by atoms with Crippen LogP contribution in [0.1, 0.15) is 13.8 Å². The number of rotatable bonds is 4. The Morgan fingerprint density at radius 3 is 2.67 bits per heavy atom. The SMILES string of the molecule is CCN(CC)C[C@@H]1COCCN1. The molecule has 1 N–H and O–H groups in total. The molecule has 3 nitrogen and oxygen atoms in total. The van der Waals surface area contributed by atoms with Gasteiger partial charge in [-0.05, 0) is 13.1 Å². The molecule has 0 bridgehead atoms. The third-order valence-corrected chi connectivity index (χ3v) is 2.37. The molecule has 1 fully saturated rings. The molecule has 1 aliphatic heterocycles. The van der Waals surface area contributed by atoms with Crippen molar-refractivity contribution in [3.05, 3.63) is 0 Å². The minimum atomic E-state index is 0.540. The normalized spacial score (nSPS) is 24.8. The second kappa shape index (κ2) is 5.51. The molecule has 0 amide bonds. The Hall–Kier alpha value is -0.120. The number of likely N-dealkylation sites (N-methyl/N-ethyl adjacent to an activating group) is 1. The Morgan fingerprint density at radius 2 is 2.17 bits per heavy atom. The molecule has 0 unspecified atom stereocenters. The third-order valence-electron chi connectivity index (χ3n) is 2.37. The number of nitrogens with zero attached hydrogens (tertiary/aromatic N) is 1. The summed E-state index contributed by atoms with van der Waals surface area (Å²) in [7, 11) is 0. The standard InChI is InChI=1S/C9H20N2O/c1-3-11(4-2)7-9-8-12-6-5-10-9/h9-10H,3-8H2,1-2H3/t9-/m1/s1. The molecule has 0 aliphatic carbocycles. The lowest BCUT2D eigenvalue weighted by atomic mass is 10.2. The van der Waals surface area contributed by atoms with E-state index in [-0.39, 0.29) is 0 Å². The fourth-order valence-corrected chi connectivity index (χ4v) is 1.53. The van der Waals surface area contributed by atoms with Crippen LogP contribution < -0.4 is 5.32 Å². The quantitative estimate of drug-likeness (QED) is 0.661. The summed E-state index contributed by atoms with van der Waals surface area (Å²) >= 11 is 0. The van der Waals surface area contributed by atoms with E-state index in [4.69, 9.17) is 4.74 Å². The first-order valence-electron chi connectivity index (χ1n) is 4.90. The highest BCUT2D eigenvalue weighted by Crippen LogP contribution is 1.96. The fourth-order valence-electron chi connectivity index (χ4n) is 1.53. The van der Waals surface area contributed by atoms with Crippen molar-refractivity contribution in [3.63, 3.8) is 0 Å². The highest BCUT2D eigenvalue weighted by Gasteiger charge is 2.14. The maximum Gasteiger partial charge on any atom is 0.0632 e. The molecule has 0 saturated carbocycles. The van der Waals surface area contributed by atoms with E-state index < -0.39 is 0 Å². The monoisotopic (exact) mass is 172 g/mol. The van der Waals surface area contributed by atoms with Gasteiger partial charge in [-0.2, -0.15) is 0 Å². The van der Waals surface area contributed by atoms with Gasteiger partial charge in [0.05, 0.1) is 13.2 Å². The van der Waals surface area contributed by atoms with E-state index in [1.807, 2.05) is 0 Å². The van der Waals surface area contributed by atoms with Gasteiger partial charge >= 0.3 is 0 Å². The predicted molar refractivity (Wildman–Crippen MR) is 50.4 cm³/mol. The lowest BCUT2D eigenvalue weighted by Crippen LogP contribution is -2.48. The molecule has 0 radical (unpaired) electrons. The molecule has 1 rings (SSSR count). The topological polar surface area (TPSA) is 24.5 Å². The van der Waals surface area contributed by atoms with Crippen molar-refractivity contribution in [3.8, 4) is 0 Å². The van der Waals surface area contributed by atoms with Crippen LogP contribution in [0, 0.1) is 0 Å². The third kappa shape index (κ3) is 3.09. The fraction of sp³-hybridized carbons (Fsp3) is 1.00. The Morgan fingerprint density at radius 1 is 1.42 bits per heavy atom. The van der Waals surface area contributed by atoms with Crippen molar-refractivity contribution in [2.24, 2.45) is 0 Å². The van der Waals surface area contributed by atoms with Crippen LogP contribution in [0.5, 0.6) is 0 Å². The van der Waals surface area contributed by atoms with Crippen LogP contribution in [-0.2, 0) is 4.74 Å². The molecule has 72 valence electrons. The van der Waals surface area contributed by atoms with Crippen molar-refractivity contribution in [1.29, 1.82) is 0 Å². The molecule has 1 atom stereocenters. The lowest BCUT2D eigenvalue weighted by molar-refractivity contribution is 0.0633. The van der Waals surface area contributed by atoms with Crippen LogP contribution in [0.2, 0.25) is 0 Å². The zero-order valence-corrected chi connectivity index (χ0v) is 8.18. The number of hydrogen-bond donors (Lipinski definition) is 1. The molecule has 0 aromatic rings. The first kappa shape index (κ1) is 9.96. The van der Waals surface area contributed by atoms with E-state index in [0.29, 0.717) is 6.04 Å². The summed E-state index contributed by atoms with van der Waals surface area (Å²) in [6.07, 6.45) is 0. The minimum Gasteiger partial charge on any atom is -0.378 e. The number of ether oxygens (including phenoxy) is 1. The van der Waals surface area contributed by atoms with Crippen LogP contribution in [0.15, 0.2) is 0 Å². The highest BCUT2D eigenvalue weighted by molar-refractivity contribution is 4.73. The molecule has 0 spiro atoms. The Labute approximate surface area is 75.1 Å². The van der Waals surface area contributed by atoms with Crippen LogP contribution in [-0.4, -0.2) is 50.3 Å². The summed E-state index contributed by atoms with van der Waals surface area (Å²) in [5, 5.41) is 3.45. The first-order valence-corrected chi connectivity index (χ1v) is 4.90. The van der Waals surface area contributed by atoms with Crippen molar-refractivity contribution < 1.29 is 4.74 Å². The predicted octanol–water partition coefficient (Wildman–Crippen LogP) is 0.317. The van der Waals surface area contributed by atoms with Gasteiger partial charge in [0.2, 0.25) is 0 Å². The second-order valence-corrected chi connectivity index (χ2v) is 3.21. The van der Waals surface area contributed by atoms with Gasteiger partial charge in [-0.3, -0.25) is 0 Å². The molecular formula is C9H20N2O. The zero-order valence-electron chi connectivity index (χ0n) is 8.18. The van der Waals surface area contributed by atoms with Gasteiger partial charge in [0.1, 0.15) is 0 Å². The van der Waals surface area contributed by atoms with E-state index in [0.717, 1.165) is 39.4 Å². The molecule has 1 heterocycles. The number of morpholine rings is 1. The summed E-state index contributed by atoms with van der Waals surface area (Å²) in [5.41, 5.74) is 0. The maximum absolute atomic E-state index is 5.38. The lowest BCUT2D eigenvalue weighted by Gasteiger charge is -2.29. The van der Waals surface area contributed by atoms with Gasteiger partial charge in [0.25, 0.3) is 0 Å². The Balaban J connectivity index is 2.18. The van der Waals surface area contributed by atoms with E-state index in [2.05, 4.69) is 24.1 Å². The van der Waals surface area contributed by atoms with Gasteiger partial charge in [-0.1, -0.05) is 13.8 Å². The summed E-state index contributed by atoms with van der Waals surface area (Å²) < 4.78 is 5.38. The zero-order chi connectivity index (χ0) is 8.81. The minimum absolute atomic E-state index is 0.540. The van der Waals surface area contributed by atoms with Crippen LogP contribution in [0.4, 0.5) is 0 Å². The molecule has 12 heavy (non-hydrogen) atoms. The molecule has 1 saturated heterocycles. The van der Waals surface area contributed by atoms with Crippen molar-refractivity contribution >= 4 is 0 Å². The van der Waals surface area contributed by atoms with E-state index in [1.165, 1.54) is 0 Å². The van der Waals surface area contributed by atoms with Crippen LogP contribution in [0.25, 0.3) is 0 Å². The summed E-state index contributed by atoms with van der Waals surface area (Å²) in [5.74, 6) is 0. The average molecular weight is 172 g/mol.